The normalized spacial score (nSPS) is 7.50. The average molecular weight is 211 g/mol. The molecule has 0 spiro atoms. The largest absolute Gasteiger partial charge is 0.147 e. The molecule has 0 bridgehead atoms. The maximum atomic E-state index is 3.11. The molecule has 0 rings (SSSR count). The van der Waals surface area contributed by atoms with Crippen molar-refractivity contribution in [2.45, 2.75) is 39.0 Å². The molecule has 0 nitrogen and oxygen atoms in total. The van der Waals surface area contributed by atoms with E-state index in [-0.39, 0.29) is 12.4 Å². The van der Waals surface area contributed by atoms with Gasteiger partial charge in [0.25, 0.3) is 0 Å². The van der Waals surface area contributed by atoms with Gasteiger partial charge in [-0.05, 0) is 0 Å². The van der Waals surface area contributed by atoms with E-state index in [1.807, 2.05) is 0 Å². The minimum absolute atomic E-state index is 0. The van der Waals surface area contributed by atoms with Crippen molar-refractivity contribution in [3.05, 3.63) is 0 Å². The summed E-state index contributed by atoms with van der Waals surface area (Å²) in [5.41, 5.74) is 0. The molecule has 0 N–H and O–H groups in total. The van der Waals surface area contributed by atoms with E-state index < -0.39 is 0 Å². The molecular formula is C8H14ClZn. The zero-order valence-corrected chi connectivity index (χ0v) is 10.4. The van der Waals surface area contributed by atoms with Crippen LogP contribution in [0.4, 0.5) is 0 Å². The summed E-state index contributed by atoms with van der Waals surface area (Å²) in [5.74, 6) is 3.11. The molecule has 0 aliphatic carbocycles. The Bertz CT molecular complexity index is 102. The summed E-state index contributed by atoms with van der Waals surface area (Å²) in [7, 11) is 0. The van der Waals surface area contributed by atoms with Gasteiger partial charge in [-0.15, -0.1) is 12.4 Å². The van der Waals surface area contributed by atoms with Crippen molar-refractivity contribution < 1.29 is 18.3 Å². The van der Waals surface area contributed by atoms with E-state index in [4.69, 9.17) is 0 Å². The van der Waals surface area contributed by atoms with Crippen LogP contribution in [0.1, 0.15) is 39.0 Å². The van der Waals surface area contributed by atoms with Gasteiger partial charge in [0.15, 0.2) is 0 Å². The van der Waals surface area contributed by atoms with Crippen molar-refractivity contribution in [3.63, 3.8) is 0 Å². The first-order chi connectivity index (χ1) is 4.41. The van der Waals surface area contributed by atoms with Crippen molar-refractivity contribution in [2.75, 3.05) is 0 Å². The molecule has 0 aromatic heterocycles. The van der Waals surface area contributed by atoms with Crippen LogP contribution in [0.25, 0.3) is 0 Å². The number of halogens is 1. The third kappa shape index (κ3) is 11.3. The minimum Gasteiger partial charge on any atom is -0.147 e. The second-order valence-electron chi connectivity index (χ2n) is 2.16. The molecule has 10 heavy (non-hydrogen) atoms. The molecule has 0 saturated heterocycles. The zero-order valence-electron chi connectivity index (χ0n) is 6.65. The van der Waals surface area contributed by atoms with Crippen LogP contribution in [0, 0.1) is 10.4 Å². The van der Waals surface area contributed by atoms with Gasteiger partial charge in [-0.3, -0.25) is 0 Å². The van der Waals surface area contributed by atoms with E-state index in [0.717, 1.165) is 24.7 Å². The zero-order chi connectivity index (χ0) is 6.95. The summed E-state index contributed by atoms with van der Waals surface area (Å²) >= 11 is 1.13. The number of rotatable bonds is 4. The Hall–Kier alpha value is 0.473. The topological polar surface area (TPSA) is 0 Å². The van der Waals surface area contributed by atoms with Gasteiger partial charge in [0.2, 0.25) is 0 Å². The van der Waals surface area contributed by atoms with E-state index >= 15 is 0 Å². The second-order valence-corrected chi connectivity index (χ2v) is 2.91. The Morgan fingerprint density at radius 2 is 1.90 bits per heavy atom. The molecule has 0 aromatic rings. The summed E-state index contributed by atoms with van der Waals surface area (Å²) in [4.78, 5) is 0. The van der Waals surface area contributed by atoms with Crippen LogP contribution in [0.5, 0.6) is 0 Å². The van der Waals surface area contributed by atoms with Crippen LogP contribution >= 0.6 is 12.4 Å². The Balaban J connectivity index is 0. The van der Waals surface area contributed by atoms with Gasteiger partial charge in [0.05, 0.1) is 0 Å². The van der Waals surface area contributed by atoms with E-state index in [1.54, 1.807) is 0 Å². The number of unbranched alkanes of at least 4 members (excludes halogenated alkanes) is 4. The average Bonchev–Trinajstić information content (AvgIpc) is 1.89. The molecule has 0 amide bonds. The van der Waals surface area contributed by atoms with Gasteiger partial charge in [0.1, 0.15) is 0 Å². The Labute approximate surface area is 80.2 Å². The van der Waals surface area contributed by atoms with Gasteiger partial charge in [-0.1, -0.05) is 0 Å². The summed E-state index contributed by atoms with van der Waals surface area (Å²) in [6.45, 7) is 2.23. The standard InChI is InChI=1S/C8H13.ClH.Zn/c1-3-5-7-8-6-4-2;;/h3,5-8H2,1H3;1H;. The van der Waals surface area contributed by atoms with Crippen LogP contribution in [0.3, 0.4) is 0 Å². The van der Waals surface area contributed by atoms with Gasteiger partial charge >= 0.3 is 67.8 Å². The van der Waals surface area contributed by atoms with Gasteiger partial charge in [-0.2, -0.15) is 0 Å². The van der Waals surface area contributed by atoms with Crippen molar-refractivity contribution in [1.82, 2.24) is 0 Å². The fourth-order valence-electron chi connectivity index (χ4n) is 0.729. The molecule has 0 saturated carbocycles. The van der Waals surface area contributed by atoms with E-state index in [0.29, 0.717) is 0 Å². The van der Waals surface area contributed by atoms with Crippen LogP contribution in [-0.2, 0) is 18.3 Å². The van der Waals surface area contributed by atoms with Crippen LogP contribution in [0.2, 0.25) is 0 Å². The predicted octanol–water partition coefficient (Wildman–Crippen LogP) is 2.89. The first-order valence-electron chi connectivity index (χ1n) is 3.66. The van der Waals surface area contributed by atoms with Gasteiger partial charge < -0.3 is 0 Å². The third-order valence-electron chi connectivity index (χ3n) is 1.28. The molecule has 0 atom stereocenters. The third-order valence-corrected chi connectivity index (χ3v) is 1.80. The molecule has 0 aliphatic rings. The van der Waals surface area contributed by atoms with Crippen molar-refractivity contribution in [3.8, 4) is 10.4 Å². The molecule has 0 fully saturated rings. The quantitative estimate of drug-likeness (QED) is 0.381. The summed E-state index contributed by atoms with van der Waals surface area (Å²) in [6, 6.07) is 0. The summed E-state index contributed by atoms with van der Waals surface area (Å²) in [5, 5.41) is 0. The van der Waals surface area contributed by atoms with Crippen molar-refractivity contribution >= 4 is 12.4 Å². The van der Waals surface area contributed by atoms with E-state index in [9.17, 15) is 0 Å². The first-order valence-corrected chi connectivity index (χ1v) is 5.15. The van der Waals surface area contributed by atoms with Crippen LogP contribution in [0.15, 0.2) is 0 Å². The van der Waals surface area contributed by atoms with E-state index in [2.05, 4.69) is 17.4 Å². The minimum atomic E-state index is 0. The smallest absolute Gasteiger partial charge is 0.147 e. The van der Waals surface area contributed by atoms with Crippen molar-refractivity contribution in [1.29, 1.82) is 0 Å². The molecular weight excluding hydrogens is 197 g/mol. The molecule has 0 aliphatic heterocycles. The van der Waals surface area contributed by atoms with Crippen LogP contribution in [-0.4, -0.2) is 0 Å². The van der Waals surface area contributed by atoms with Gasteiger partial charge in [0, 0.05) is 0 Å². The van der Waals surface area contributed by atoms with Crippen molar-refractivity contribution in [2.24, 2.45) is 0 Å². The monoisotopic (exact) mass is 209 g/mol. The number of hydrogen-bond donors (Lipinski definition) is 0. The number of hydrogen-bond acceptors (Lipinski definition) is 0. The molecule has 0 unspecified atom stereocenters. The second kappa shape index (κ2) is 12.2. The molecule has 0 heterocycles. The summed E-state index contributed by atoms with van der Waals surface area (Å²) in [6.07, 6.45) is 6.50. The Kier molecular flexibility index (Phi) is 15.9. The fourth-order valence-corrected chi connectivity index (χ4v) is 1.10. The van der Waals surface area contributed by atoms with Crippen LogP contribution < -0.4 is 0 Å². The fraction of sp³-hybridized carbons (Fsp3) is 0.750. The molecule has 0 radical (unpaired) electrons. The van der Waals surface area contributed by atoms with E-state index in [1.165, 1.54) is 25.7 Å². The maximum absolute atomic E-state index is 3.11. The Morgan fingerprint density at radius 3 is 2.40 bits per heavy atom. The summed E-state index contributed by atoms with van der Waals surface area (Å²) < 4.78 is 3.02. The first kappa shape index (κ1) is 13.1. The molecule has 2 heteroatoms. The molecule has 0 aromatic carbocycles. The molecule has 55 valence electrons. The Morgan fingerprint density at radius 1 is 1.20 bits per heavy atom. The van der Waals surface area contributed by atoms with Gasteiger partial charge in [-0.25, -0.2) is 0 Å². The maximum Gasteiger partial charge on any atom is -0.147 e. The predicted molar refractivity (Wildman–Crippen MR) is 43.8 cm³/mol. The SMILES string of the molecule is CCCCCCC#[C][Zn].Cl.